The standard InChI is InChI=1S/C24H33FO3/c1-15-10-16(6-9-21(15)25)19-13-23(2,3)14-24(4,5)20(19)8-7-18-11-17(26)12-22(27)28-18/h6-10,17-20,26H,11-14H2,1-5H3/b8-7+/t17-,18-,19?,20?/m1/s1. The van der Waals surface area contributed by atoms with Gasteiger partial charge >= 0.3 is 5.97 Å². The molecule has 2 aliphatic rings. The number of cyclic esters (lactones) is 1. The van der Waals surface area contributed by atoms with Crippen LogP contribution in [0.1, 0.15) is 70.4 Å². The number of benzene rings is 1. The SMILES string of the molecule is Cc1cc(C2CC(C)(C)CC(C)(C)C2/C=C/[C@@H]2C[C@@H](O)CC(=O)O2)ccc1F. The Balaban J connectivity index is 1.92. The van der Waals surface area contributed by atoms with Crippen molar-refractivity contribution in [2.45, 2.75) is 78.4 Å². The van der Waals surface area contributed by atoms with Crippen molar-refractivity contribution in [1.82, 2.24) is 0 Å². The average molecular weight is 389 g/mol. The van der Waals surface area contributed by atoms with Gasteiger partial charge in [-0.2, -0.15) is 0 Å². The summed E-state index contributed by atoms with van der Waals surface area (Å²) in [6, 6.07) is 5.46. The van der Waals surface area contributed by atoms with Gasteiger partial charge in [0.1, 0.15) is 11.9 Å². The minimum atomic E-state index is -0.634. The van der Waals surface area contributed by atoms with Crippen LogP contribution in [0.25, 0.3) is 0 Å². The van der Waals surface area contributed by atoms with Crippen LogP contribution in [0, 0.1) is 29.5 Å². The third-order valence-electron chi connectivity index (χ3n) is 6.38. The number of aryl methyl sites for hydroxylation is 1. The highest BCUT2D eigenvalue weighted by atomic mass is 19.1. The summed E-state index contributed by atoms with van der Waals surface area (Å²) in [5, 5.41) is 9.87. The number of ether oxygens (including phenoxy) is 1. The van der Waals surface area contributed by atoms with Crippen LogP contribution in [-0.2, 0) is 9.53 Å². The molecular formula is C24H33FO3. The molecule has 1 N–H and O–H groups in total. The lowest BCUT2D eigenvalue weighted by atomic mass is 9.54. The van der Waals surface area contributed by atoms with Gasteiger partial charge in [-0.15, -0.1) is 0 Å². The van der Waals surface area contributed by atoms with Crippen LogP contribution >= 0.6 is 0 Å². The molecule has 0 spiro atoms. The van der Waals surface area contributed by atoms with Crippen molar-refractivity contribution < 1.29 is 19.0 Å². The van der Waals surface area contributed by atoms with Gasteiger partial charge in [-0.05, 0) is 65.7 Å². The van der Waals surface area contributed by atoms with Gasteiger partial charge in [0.2, 0.25) is 0 Å². The smallest absolute Gasteiger partial charge is 0.309 e. The summed E-state index contributed by atoms with van der Waals surface area (Å²) < 4.78 is 19.2. The Morgan fingerprint density at radius 2 is 1.93 bits per heavy atom. The zero-order valence-electron chi connectivity index (χ0n) is 17.7. The van der Waals surface area contributed by atoms with Crippen molar-refractivity contribution in [2.24, 2.45) is 16.7 Å². The maximum Gasteiger partial charge on any atom is 0.309 e. The minimum Gasteiger partial charge on any atom is -0.458 e. The zero-order valence-corrected chi connectivity index (χ0v) is 17.7. The molecule has 2 fully saturated rings. The number of hydrogen-bond donors (Lipinski definition) is 1. The maximum absolute atomic E-state index is 13.8. The van der Waals surface area contributed by atoms with Crippen LogP contribution in [0.2, 0.25) is 0 Å². The second-order valence-corrected chi connectivity index (χ2v) is 10.2. The number of carbonyl (C=O) groups excluding carboxylic acids is 1. The van der Waals surface area contributed by atoms with E-state index in [1.165, 1.54) is 0 Å². The van der Waals surface area contributed by atoms with E-state index in [1.807, 2.05) is 25.1 Å². The molecule has 0 bridgehead atoms. The van der Waals surface area contributed by atoms with Crippen LogP contribution in [0.5, 0.6) is 0 Å². The third kappa shape index (κ3) is 4.65. The number of halogens is 1. The molecule has 0 aromatic heterocycles. The summed E-state index contributed by atoms with van der Waals surface area (Å²) >= 11 is 0. The predicted octanol–water partition coefficient (Wildman–Crippen LogP) is 5.30. The number of rotatable bonds is 3. The van der Waals surface area contributed by atoms with Crippen LogP contribution in [0.15, 0.2) is 30.4 Å². The van der Waals surface area contributed by atoms with Gasteiger partial charge in [0.25, 0.3) is 0 Å². The van der Waals surface area contributed by atoms with E-state index in [4.69, 9.17) is 4.74 Å². The summed E-state index contributed by atoms with van der Waals surface area (Å²) in [6.45, 7) is 11.0. The van der Waals surface area contributed by atoms with E-state index in [2.05, 4.69) is 33.8 Å². The first-order chi connectivity index (χ1) is 13.0. The number of hydrogen-bond acceptors (Lipinski definition) is 3. The first-order valence-corrected chi connectivity index (χ1v) is 10.3. The van der Waals surface area contributed by atoms with Crippen molar-refractivity contribution in [3.63, 3.8) is 0 Å². The molecule has 4 atom stereocenters. The lowest BCUT2D eigenvalue weighted by Crippen LogP contribution is -2.40. The number of aliphatic hydroxyl groups excluding tert-OH is 1. The Bertz CT molecular complexity index is 765. The second-order valence-electron chi connectivity index (χ2n) is 10.2. The highest BCUT2D eigenvalue weighted by molar-refractivity contribution is 5.71. The van der Waals surface area contributed by atoms with Crippen LogP contribution < -0.4 is 0 Å². The lowest BCUT2D eigenvalue weighted by molar-refractivity contribution is -0.156. The highest BCUT2D eigenvalue weighted by Gasteiger charge is 2.45. The molecular weight excluding hydrogens is 355 g/mol. The fourth-order valence-corrected chi connectivity index (χ4v) is 5.48. The molecule has 1 aromatic carbocycles. The molecule has 1 aliphatic carbocycles. The monoisotopic (exact) mass is 388 g/mol. The summed E-state index contributed by atoms with van der Waals surface area (Å²) in [5.41, 5.74) is 2.07. The van der Waals surface area contributed by atoms with E-state index >= 15 is 0 Å². The Labute approximate surface area is 168 Å². The molecule has 3 nitrogen and oxygen atoms in total. The number of allylic oxidation sites excluding steroid dienone is 1. The number of carbonyl (C=O) groups is 1. The Kier molecular flexibility index (Phi) is 5.73. The molecule has 3 rings (SSSR count). The molecule has 1 heterocycles. The number of esters is 1. The number of aliphatic hydroxyl groups is 1. The molecule has 2 unspecified atom stereocenters. The third-order valence-corrected chi connectivity index (χ3v) is 6.38. The van der Waals surface area contributed by atoms with Gasteiger partial charge in [0.05, 0.1) is 12.5 Å². The molecule has 28 heavy (non-hydrogen) atoms. The van der Waals surface area contributed by atoms with Crippen molar-refractivity contribution in [3.05, 3.63) is 47.3 Å². The molecule has 1 saturated heterocycles. The fourth-order valence-electron chi connectivity index (χ4n) is 5.48. The Hall–Kier alpha value is -1.68. The van der Waals surface area contributed by atoms with Gasteiger partial charge in [-0.25, -0.2) is 4.39 Å². The molecule has 1 aliphatic heterocycles. The van der Waals surface area contributed by atoms with E-state index in [0.29, 0.717) is 12.0 Å². The van der Waals surface area contributed by atoms with Crippen LogP contribution in [-0.4, -0.2) is 23.3 Å². The maximum atomic E-state index is 13.8. The Morgan fingerprint density at radius 1 is 1.21 bits per heavy atom. The van der Waals surface area contributed by atoms with Crippen molar-refractivity contribution >= 4 is 5.97 Å². The summed E-state index contributed by atoms with van der Waals surface area (Å²) in [6.07, 6.45) is 5.74. The normalized spacial score (nSPS) is 32.3. The largest absolute Gasteiger partial charge is 0.458 e. The van der Waals surface area contributed by atoms with Gasteiger partial charge in [0.15, 0.2) is 0 Å². The van der Waals surface area contributed by atoms with Crippen molar-refractivity contribution in [3.8, 4) is 0 Å². The second kappa shape index (κ2) is 7.62. The van der Waals surface area contributed by atoms with E-state index in [9.17, 15) is 14.3 Å². The first kappa shape index (κ1) is 21.0. The van der Waals surface area contributed by atoms with Gasteiger partial charge < -0.3 is 9.84 Å². The molecule has 0 radical (unpaired) electrons. The lowest BCUT2D eigenvalue weighted by Gasteiger charge is -2.50. The van der Waals surface area contributed by atoms with E-state index in [0.717, 1.165) is 18.4 Å². The van der Waals surface area contributed by atoms with Crippen LogP contribution in [0.4, 0.5) is 4.39 Å². The highest BCUT2D eigenvalue weighted by Crippen LogP contribution is 2.56. The van der Waals surface area contributed by atoms with E-state index in [1.54, 1.807) is 6.07 Å². The van der Waals surface area contributed by atoms with Gasteiger partial charge in [0, 0.05) is 6.42 Å². The summed E-state index contributed by atoms with van der Waals surface area (Å²) in [7, 11) is 0. The van der Waals surface area contributed by atoms with Crippen LogP contribution in [0.3, 0.4) is 0 Å². The average Bonchev–Trinajstić information content (AvgIpc) is 2.53. The van der Waals surface area contributed by atoms with Crippen molar-refractivity contribution in [2.75, 3.05) is 0 Å². The molecule has 1 saturated carbocycles. The van der Waals surface area contributed by atoms with Crippen molar-refractivity contribution in [1.29, 1.82) is 0 Å². The fraction of sp³-hybridized carbons (Fsp3) is 0.625. The summed E-state index contributed by atoms with van der Waals surface area (Å²) in [5.74, 6) is -0.0157. The molecule has 4 heteroatoms. The minimum absolute atomic E-state index is 0.0441. The quantitative estimate of drug-likeness (QED) is 0.564. The molecule has 154 valence electrons. The molecule has 0 amide bonds. The topological polar surface area (TPSA) is 46.5 Å². The van der Waals surface area contributed by atoms with E-state index in [-0.39, 0.29) is 47.0 Å². The predicted molar refractivity (Wildman–Crippen MR) is 108 cm³/mol. The molecule has 1 aromatic rings. The zero-order chi connectivity index (χ0) is 20.7. The first-order valence-electron chi connectivity index (χ1n) is 10.3. The van der Waals surface area contributed by atoms with Gasteiger partial charge in [-0.3, -0.25) is 4.79 Å². The Morgan fingerprint density at radius 3 is 2.57 bits per heavy atom. The van der Waals surface area contributed by atoms with E-state index < -0.39 is 6.10 Å². The summed E-state index contributed by atoms with van der Waals surface area (Å²) in [4.78, 5) is 11.7. The van der Waals surface area contributed by atoms with Gasteiger partial charge in [-0.1, -0.05) is 45.9 Å².